The average Bonchev–Trinajstić information content (AvgIpc) is 2.98. The summed E-state index contributed by atoms with van der Waals surface area (Å²) in [7, 11) is 2.69. The third kappa shape index (κ3) is 3.13. The molecule has 152 valence electrons. The van der Waals surface area contributed by atoms with Crippen molar-refractivity contribution in [3.63, 3.8) is 0 Å². The molecule has 3 amide bonds. The number of halogens is 2. The van der Waals surface area contributed by atoms with Crippen LogP contribution in [0.2, 0.25) is 0 Å². The van der Waals surface area contributed by atoms with Crippen LogP contribution in [-0.2, 0) is 17.8 Å². The first kappa shape index (κ1) is 19.3. The molecule has 3 heterocycles. The Hall–Kier alpha value is -3.01. The third-order valence-corrected chi connectivity index (χ3v) is 6.15. The number of amides is 3. The lowest BCUT2D eigenvalue weighted by Crippen LogP contribution is -2.37. The van der Waals surface area contributed by atoms with Gasteiger partial charge in [0.15, 0.2) is 17.4 Å². The van der Waals surface area contributed by atoms with Gasteiger partial charge in [0, 0.05) is 18.5 Å². The minimum atomic E-state index is -1.05. The highest BCUT2D eigenvalue weighted by Crippen LogP contribution is 2.39. The van der Waals surface area contributed by atoms with Gasteiger partial charge in [-0.15, -0.1) is 11.3 Å². The molecule has 7 nitrogen and oxygen atoms in total. The van der Waals surface area contributed by atoms with Crippen molar-refractivity contribution in [1.82, 2.24) is 9.80 Å². The molecule has 1 aromatic carbocycles. The fourth-order valence-electron chi connectivity index (χ4n) is 3.59. The first-order valence-corrected chi connectivity index (χ1v) is 9.64. The highest BCUT2D eigenvalue weighted by Gasteiger charge is 2.34. The zero-order valence-electron chi connectivity index (χ0n) is 15.7. The maximum Gasteiger partial charge on any atom is 0.257 e. The second kappa shape index (κ2) is 7.11. The Balaban J connectivity index is 1.65. The van der Waals surface area contributed by atoms with Gasteiger partial charge >= 0.3 is 0 Å². The number of thiophene rings is 1. The number of hydrogen-bond donors (Lipinski definition) is 1. The molecule has 0 saturated carbocycles. The second-order valence-corrected chi connectivity index (χ2v) is 7.94. The molecule has 1 N–H and O–H groups in total. The molecule has 0 unspecified atom stereocenters. The Morgan fingerprint density at radius 3 is 2.72 bits per heavy atom. The van der Waals surface area contributed by atoms with Crippen molar-refractivity contribution in [2.45, 2.75) is 13.0 Å². The summed E-state index contributed by atoms with van der Waals surface area (Å²) in [5.74, 6) is -3.66. The van der Waals surface area contributed by atoms with E-state index in [1.807, 2.05) is 0 Å². The summed E-state index contributed by atoms with van der Waals surface area (Å²) in [6, 6.07) is 2.08. The van der Waals surface area contributed by atoms with Crippen LogP contribution in [0.25, 0.3) is 0 Å². The van der Waals surface area contributed by atoms with E-state index in [2.05, 4.69) is 5.32 Å². The summed E-state index contributed by atoms with van der Waals surface area (Å²) >= 11 is 1.24. The monoisotopic (exact) mass is 421 g/mol. The standard InChI is InChI=1S/C19H17F2N3O4S/c1-23-8-13(25)22-17-14(19(23)27)9-5-6-24(7-12(9)29-17)18(26)10-3-4-11(20)16(28-2)15(10)21/h3-4H,5-8H2,1-2H3,(H,22,25). The number of carbonyl (C=O) groups excluding carboxylic acids is 3. The van der Waals surface area contributed by atoms with Crippen LogP contribution in [0.15, 0.2) is 12.1 Å². The van der Waals surface area contributed by atoms with E-state index in [1.165, 1.54) is 21.1 Å². The fourth-order valence-corrected chi connectivity index (χ4v) is 4.86. The van der Waals surface area contributed by atoms with E-state index in [1.54, 1.807) is 7.05 Å². The molecule has 0 fully saturated rings. The van der Waals surface area contributed by atoms with Crippen molar-refractivity contribution in [2.75, 3.05) is 32.6 Å². The molecule has 2 aliphatic heterocycles. The molecule has 0 radical (unpaired) electrons. The SMILES string of the molecule is COc1c(F)ccc(C(=O)N2CCc3c(sc4c3C(=O)N(C)CC(=O)N4)C2)c1F. The molecule has 0 saturated heterocycles. The Labute approximate surface area is 168 Å². The Kier molecular flexibility index (Phi) is 4.73. The average molecular weight is 421 g/mol. The van der Waals surface area contributed by atoms with E-state index in [0.717, 1.165) is 29.7 Å². The number of nitrogens with zero attached hydrogens (tertiary/aromatic N) is 2. The number of ether oxygens (including phenoxy) is 1. The molecule has 2 aliphatic rings. The molecule has 2 aromatic rings. The molecule has 0 spiro atoms. The van der Waals surface area contributed by atoms with Gasteiger partial charge < -0.3 is 19.9 Å². The predicted octanol–water partition coefficient (Wildman–Crippen LogP) is 2.26. The lowest BCUT2D eigenvalue weighted by molar-refractivity contribution is -0.116. The zero-order valence-corrected chi connectivity index (χ0v) is 16.5. The van der Waals surface area contributed by atoms with Gasteiger partial charge in [0.1, 0.15) is 5.00 Å². The highest BCUT2D eigenvalue weighted by molar-refractivity contribution is 7.17. The second-order valence-electron chi connectivity index (χ2n) is 6.84. The van der Waals surface area contributed by atoms with Crippen molar-refractivity contribution in [2.24, 2.45) is 0 Å². The molecule has 1 aromatic heterocycles. The maximum absolute atomic E-state index is 14.5. The fraction of sp³-hybridized carbons (Fsp3) is 0.316. The van der Waals surface area contributed by atoms with Crippen LogP contribution in [0.1, 0.15) is 31.2 Å². The largest absolute Gasteiger partial charge is 0.491 e. The topological polar surface area (TPSA) is 79.0 Å². The summed E-state index contributed by atoms with van der Waals surface area (Å²) in [6.07, 6.45) is 0.391. The van der Waals surface area contributed by atoms with Gasteiger partial charge in [-0.05, 0) is 24.1 Å². The predicted molar refractivity (Wildman–Crippen MR) is 101 cm³/mol. The molecule has 0 atom stereocenters. The first-order chi connectivity index (χ1) is 13.8. The van der Waals surface area contributed by atoms with Gasteiger partial charge in [0.25, 0.3) is 11.8 Å². The van der Waals surface area contributed by atoms with Gasteiger partial charge in [-0.25, -0.2) is 8.78 Å². The maximum atomic E-state index is 14.5. The van der Waals surface area contributed by atoms with Crippen LogP contribution in [0.5, 0.6) is 5.75 Å². The van der Waals surface area contributed by atoms with E-state index < -0.39 is 23.3 Å². The number of fused-ring (bicyclic) bond motifs is 3. The van der Waals surface area contributed by atoms with Crippen LogP contribution >= 0.6 is 11.3 Å². The summed E-state index contributed by atoms with van der Waals surface area (Å²) < 4.78 is 32.8. The number of methoxy groups -OCH3 is 1. The molecule has 0 aliphatic carbocycles. The number of rotatable bonds is 2. The molecule has 4 rings (SSSR count). The van der Waals surface area contributed by atoms with Gasteiger partial charge in [0.05, 0.1) is 31.3 Å². The van der Waals surface area contributed by atoms with Crippen LogP contribution in [0.4, 0.5) is 13.8 Å². The van der Waals surface area contributed by atoms with E-state index in [9.17, 15) is 23.2 Å². The minimum Gasteiger partial charge on any atom is -0.491 e. The molecular formula is C19H17F2N3O4S. The van der Waals surface area contributed by atoms with Crippen molar-refractivity contribution < 1.29 is 27.9 Å². The smallest absolute Gasteiger partial charge is 0.257 e. The summed E-state index contributed by atoms with van der Waals surface area (Å²) in [6.45, 7) is 0.405. The lowest BCUT2D eigenvalue weighted by Gasteiger charge is -2.28. The van der Waals surface area contributed by atoms with Crippen molar-refractivity contribution >= 4 is 34.1 Å². The number of carbonyl (C=O) groups is 3. The first-order valence-electron chi connectivity index (χ1n) is 8.83. The number of nitrogens with one attached hydrogen (secondary N) is 1. The minimum absolute atomic E-state index is 0.0225. The number of anilines is 1. The third-order valence-electron chi connectivity index (χ3n) is 5.02. The van der Waals surface area contributed by atoms with Crippen LogP contribution < -0.4 is 10.1 Å². The summed E-state index contributed by atoms with van der Waals surface area (Å²) in [5, 5.41) is 3.21. The van der Waals surface area contributed by atoms with Gasteiger partial charge in [-0.2, -0.15) is 0 Å². The molecular weight excluding hydrogens is 404 g/mol. The quantitative estimate of drug-likeness (QED) is 0.807. The zero-order chi connectivity index (χ0) is 20.9. The number of hydrogen-bond acceptors (Lipinski definition) is 5. The van der Waals surface area contributed by atoms with Crippen LogP contribution in [0.3, 0.4) is 0 Å². The van der Waals surface area contributed by atoms with E-state index in [-0.39, 0.29) is 37.0 Å². The van der Waals surface area contributed by atoms with Crippen molar-refractivity contribution in [3.8, 4) is 5.75 Å². The number of likely N-dealkylation sites (N-methyl/N-ethyl adjacent to an activating group) is 1. The van der Waals surface area contributed by atoms with E-state index in [4.69, 9.17) is 4.74 Å². The lowest BCUT2D eigenvalue weighted by atomic mass is 10.0. The van der Waals surface area contributed by atoms with Gasteiger partial charge in [0.2, 0.25) is 5.91 Å². The Bertz CT molecular complexity index is 1050. The summed E-state index contributed by atoms with van der Waals surface area (Å²) in [4.78, 5) is 41.0. The Morgan fingerprint density at radius 1 is 1.24 bits per heavy atom. The van der Waals surface area contributed by atoms with Crippen LogP contribution in [0, 0.1) is 11.6 Å². The normalized spacial score (nSPS) is 16.1. The van der Waals surface area contributed by atoms with Crippen molar-refractivity contribution in [1.29, 1.82) is 0 Å². The molecule has 0 bridgehead atoms. The number of benzene rings is 1. The van der Waals surface area contributed by atoms with E-state index in [0.29, 0.717) is 17.0 Å². The summed E-state index contributed by atoms with van der Waals surface area (Å²) in [5.41, 5.74) is 0.972. The van der Waals surface area contributed by atoms with Gasteiger partial charge in [-0.1, -0.05) is 0 Å². The van der Waals surface area contributed by atoms with Crippen LogP contribution in [-0.4, -0.2) is 54.8 Å². The highest BCUT2D eigenvalue weighted by atomic mass is 32.1. The molecule has 29 heavy (non-hydrogen) atoms. The van der Waals surface area contributed by atoms with Crippen molar-refractivity contribution in [3.05, 3.63) is 45.3 Å². The van der Waals surface area contributed by atoms with E-state index >= 15 is 0 Å². The molecule has 10 heteroatoms. The Morgan fingerprint density at radius 2 is 2.00 bits per heavy atom. The van der Waals surface area contributed by atoms with Gasteiger partial charge in [-0.3, -0.25) is 14.4 Å².